The van der Waals surface area contributed by atoms with Gasteiger partial charge in [-0.1, -0.05) is 0 Å². The van der Waals surface area contributed by atoms with Crippen molar-refractivity contribution in [3.8, 4) is 0 Å². The van der Waals surface area contributed by atoms with Crippen LogP contribution in [0, 0.1) is 17.8 Å². The third kappa shape index (κ3) is 2.80. The Kier molecular flexibility index (Phi) is 4.31. The molecule has 3 aliphatic rings. The molecule has 1 aliphatic heterocycles. The van der Waals surface area contributed by atoms with Crippen LogP contribution in [0.5, 0.6) is 0 Å². The molecule has 1 heterocycles. The van der Waals surface area contributed by atoms with Gasteiger partial charge >= 0.3 is 23.8 Å². The first-order valence-electron chi connectivity index (χ1n) is 8.14. The van der Waals surface area contributed by atoms with Crippen molar-refractivity contribution < 1.29 is 50.3 Å². The number of carbonyl (C=O) groups excluding carboxylic acids is 2. The van der Waals surface area contributed by atoms with E-state index in [-0.39, 0.29) is 6.42 Å². The van der Waals surface area contributed by atoms with Crippen LogP contribution < -0.4 is 0 Å². The Morgan fingerprint density at radius 3 is 2.30 bits per heavy atom. The molecule has 1 saturated heterocycles. The summed E-state index contributed by atoms with van der Waals surface area (Å²) in [5.74, 6) is -11.7. The summed E-state index contributed by atoms with van der Waals surface area (Å²) < 4.78 is 67.2. The zero-order chi connectivity index (χ0) is 20.5. The minimum absolute atomic E-state index is 0.183. The van der Waals surface area contributed by atoms with E-state index in [0.717, 1.165) is 20.8 Å². The van der Waals surface area contributed by atoms with E-state index in [4.69, 9.17) is 18.8 Å². The summed E-state index contributed by atoms with van der Waals surface area (Å²) in [5, 5.41) is 7.37. The van der Waals surface area contributed by atoms with Crippen LogP contribution in [0.1, 0.15) is 27.2 Å². The molecule has 0 aromatic rings. The number of carboxylic acid groups (broad SMARTS) is 1. The van der Waals surface area contributed by atoms with Crippen LogP contribution in [0.2, 0.25) is 0 Å². The predicted octanol–water partition coefficient (Wildman–Crippen LogP) is 0.323. The number of aliphatic carboxylic acids is 1. The molecule has 0 aromatic heterocycles. The van der Waals surface area contributed by atoms with Gasteiger partial charge in [-0.3, -0.25) is 13.8 Å². The lowest BCUT2D eigenvalue weighted by Gasteiger charge is -2.35. The van der Waals surface area contributed by atoms with E-state index in [0.29, 0.717) is 0 Å². The molecule has 0 amide bonds. The second-order valence-electron chi connectivity index (χ2n) is 7.49. The Balaban J connectivity index is 1.91. The molecule has 3 fully saturated rings. The van der Waals surface area contributed by atoms with Crippen LogP contribution in [0.15, 0.2) is 0 Å². The highest BCUT2D eigenvalue weighted by Crippen LogP contribution is 2.59. The number of rotatable bonds is 5. The van der Waals surface area contributed by atoms with Gasteiger partial charge in [0, 0.05) is 18.8 Å². The molecule has 0 aromatic carbocycles. The van der Waals surface area contributed by atoms with E-state index < -0.39 is 74.8 Å². The number of hydrogen-bond acceptors (Lipinski definition) is 8. The van der Waals surface area contributed by atoms with Crippen molar-refractivity contribution in [3.63, 3.8) is 0 Å². The Morgan fingerprint density at radius 2 is 1.78 bits per heavy atom. The molecule has 0 spiro atoms. The quantitative estimate of drug-likeness (QED) is 0.501. The molecule has 2 aliphatic carbocycles. The van der Waals surface area contributed by atoms with Crippen molar-refractivity contribution in [3.05, 3.63) is 0 Å². The summed E-state index contributed by atoms with van der Waals surface area (Å²) in [6.07, 6.45) is -1.77. The third-order valence-corrected chi connectivity index (χ3v) is 7.28. The largest absolute Gasteiger partial charge is 0.477 e. The van der Waals surface area contributed by atoms with Gasteiger partial charge in [0.05, 0.1) is 5.92 Å². The zero-order valence-electron chi connectivity index (χ0n) is 14.5. The lowest BCUT2D eigenvalue weighted by atomic mass is 9.84. The molecule has 27 heavy (non-hydrogen) atoms. The van der Waals surface area contributed by atoms with Gasteiger partial charge in [0.25, 0.3) is 10.1 Å². The Hall–Kier alpha value is -1.82. The van der Waals surface area contributed by atoms with Gasteiger partial charge in [-0.05, 0) is 20.3 Å². The number of alkyl halides is 2. The van der Waals surface area contributed by atoms with E-state index >= 15 is 0 Å². The molecule has 6 unspecified atom stereocenters. The average molecular weight is 412 g/mol. The molecule has 12 heteroatoms. The Labute approximate surface area is 153 Å². The number of ether oxygens (including phenoxy) is 2. The monoisotopic (exact) mass is 412 g/mol. The summed E-state index contributed by atoms with van der Waals surface area (Å²) in [5.41, 5.74) is -2.72. The third-order valence-electron chi connectivity index (χ3n) is 5.48. The summed E-state index contributed by atoms with van der Waals surface area (Å²) in [7, 11) is -4.20. The fraction of sp³-hybridized carbons (Fsp3) is 0.800. The highest BCUT2D eigenvalue weighted by Gasteiger charge is 2.72. The maximum atomic E-state index is 13.9. The van der Waals surface area contributed by atoms with Gasteiger partial charge in [-0.25, -0.2) is 4.79 Å². The number of esters is 2. The normalized spacial score (nSPS) is 36.5. The first kappa shape index (κ1) is 19.9. The number of carboxylic acids is 1. The SMILES string of the molecule is CC(=O)OC1C2CC3C1OS(=O)(=O)C3C2C(=O)OC(C)(C)C(F)(F)C(=O)O. The molecule has 0 radical (unpaired) electrons. The van der Waals surface area contributed by atoms with E-state index in [9.17, 15) is 31.6 Å². The van der Waals surface area contributed by atoms with E-state index in [2.05, 4.69) is 0 Å². The number of halogens is 2. The molecule has 152 valence electrons. The molecule has 6 atom stereocenters. The molecule has 2 bridgehead atoms. The van der Waals surface area contributed by atoms with Crippen molar-refractivity contribution in [2.24, 2.45) is 17.8 Å². The number of carbonyl (C=O) groups is 3. The first-order valence-corrected chi connectivity index (χ1v) is 9.61. The second-order valence-corrected chi connectivity index (χ2v) is 9.21. The lowest BCUT2D eigenvalue weighted by molar-refractivity contribution is -0.217. The van der Waals surface area contributed by atoms with E-state index in [1.807, 2.05) is 0 Å². The fourth-order valence-electron chi connectivity index (χ4n) is 4.29. The molecule has 1 N–H and O–H groups in total. The van der Waals surface area contributed by atoms with Gasteiger partial charge in [0.2, 0.25) is 0 Å². The van der Waals surface area contributed by atoms with Crippen LogP contribution in [-0.4, -0.2) is 60.4 Å². The maximum Gasteiger partial charge on any atom is 0.380 e. The van der Waals surface area contributed by atoms with Crippen LogP contribution in [0.25, 0.3) is 0 Å². The van der Waals surface area contributed by atoms with Gasteiger partial charge in [-0.2, -0.15) is 17.2 Å². The van der Waals surface area contributed by atoms with Crippen LogP contribution in [0.3, 0.4) is 0 Å². The van der Waals surface area contributed by atoms with E-state index in [1.54, 1.807) is 0 Å². The molecular formula is C15H18F2O9S. The topological polar surface area (TPSA) is 133 Å². The minimum Gasteiger partial charge on any atom is -0.477 e. The fourth-order valence-corrected chi connectivity index (χ4v) is 6.34. The Bertz CT molecular complexity index is 806. The van der Waals surface area contributed by atoms with Gasteiger partial charge < -0.3 is 14.6 Å². The van der Waals surface area contributed by atoms with Crippen LogP contribution in [0.4, 0.5) is 8.78 Å². The van der Waals surface area contributed by atoms with E-state index in [1.165, 1.54) is 0 Å². The highest BCUT2D eigenvalue weighted by atomic mass is 32.2. The predicted molar refractivity (Wildman–Crippen MR) is 81.0 cm³/mol. The van der Waals surface area contributed by atoms with Crippen molar-refractivity contribution in [2.75, 3.05) is 0 Å². The smallest absolute Gasteiger partial charge is 0.380 e. The first-order chi connectivity index (χ1) is 12.2. The van der Waals surface area contributed by atoms with Crippen molar-refractivity contribution in [1.29, 1.82) is 0 Å². The standard InChI is InChI=1S/C15H18F2O9S/c1-5(18)24-9-6-4-7-10(9)26-27(22,23)11(7)8(6)12(19)25-14(2,3)15(16,17)13(20)21/h6-11H,4H2,1-3H3,(H,20,21). The zero-order valence-corrected chi connectivity index (χ0v) is 15.4. The molecule has 3 rings (SSSR count). The number of hydrogen-bond donors (Lipinski definition) is 1. The summed E-state index contributed by atoms with van der Waals surface area (Å²) >= 11 is 0. The highest BCUT2D eigenvalue weighted by molar-refractivity contribution is 7.87. The molecular weight excluding hydrogens is 394 g/mol. The second kappa shape index (κ2) is 5.84. The Morgan fingerprint density at radius 1 is 1.19 bits per heavy atom. The van der Waals surface area contributed by atoms with Gasteiger partial charge in [0.1, 0.15) is 17.5 Å². The van der Waals surface area contributed by atoms with Gasteiger partial charge in [-0.15, -0.1) is 0 Å². The van der Waals surface area contributed by atoms with Crippen molar-refractivity contribution in [2.45, 2.75) is 56.2 Å². The minimum atomic E-state index is -4.40. The summed E-state index contributed by atoms with van der Waals surface area (Å²) in [4.78, 5) is 34.7. The molecule has 9 nitrogen and oxygen atoms in total. The van der Waals surface area contributed by atoms with Gasteiger partial charge in [0.15, 0.2) is 5.60 Å². The lowest BCUT2D eigenvalue weighted by Crippen LogP contribution is -2.54. The molecule has 2 saturated carbocycles. The summed E-state index contributed by atoms with van der Waals surface area (Å²) in [6, 6.07) is 0. The average Bonchev–Trinajstić information content (AvgIpc) is 3.08. The van der Waals surface area contributed by atoms with Crippen molar-refractivity contribution in [1.82, 2.24) is 0 Å². The summed E-state index contributed by atoms with van der Waals surface area (Å²) in [6.45, 7) is 2.55. The van der Waals surface area contributed by atoms with Crippen LogP contribution in [-0.2, 0) is 38.2 Å². The maximum absolute atomic E-state index is 13.9. The van der Waals surface area contributed by atoms with Crippen LogP contribution >= 0.6 is 0 Å². The number of fused-ring (bicyclic) bond motifs is 1. The van der Waals surface area contributed by atoms with Crippen molar-refractivity contribution >= 4 is 28.0 Å².